The summed E-state index contributed by atoms with van der Waals surface area (Å²) in [6, 6.07) is 0. The van der Waals surface area contributed by atoms with Crippen molar-refractivity contribution >= 4 is 17.4 Å². The Morgan fingerprint density at radius 2 is 2.00 bits per heavy atom. The van der Waals surface area contributed by atoms with Crippen LogP contribution in [0.15, 0.2) is 34.9 Å². The molecule has 3 heteroatoms. The minimum Gasteiger partial charge on any atom is -0.393 e. The number of ketones is 1. The van der Waals surface area contributed by atoms with E-state index in [0.29, 0.717) is 23.7 Å². The third kappa shape index (κ3) is 2.08. The third-order valence-electron chi connectivity index (χ3n) is 7.82. The third-order valence-corrected chi connectivity index (χ3v) is 8.15. The van der Waals surface area contributed by atoms with Gasteiger partial charge in [-0.05, 0) is 79.4 Å². The molecule has 7 atom stereocenters. The molecular weight excluding hydrogens is 320 g/mol. The van der Waals surface area contributed by atoms with Gasteiger partial charge in [0.25, 0.3) is 0 Å². The lowest BCUT2D eigenvalue weighted by molar-refractivity contribution is -0.110. The van der Waals surface area contributed by atoms with Gasteiger partial charge in [-0.3, -0.25) is 4.79 Å². The van der Waals surface area contributed by atoms with Gasteiger partial charge in [0.1, 0.15) is 0 Å². The molecule has 0 aromatic rings. The fourth-order valence-electron chi connectivity index (χ4n) is 6.56. The van der Waals surface area contributed by atoms with Crippen molar-refractivity contribution < 1.29 is 9.90 Å². The number of hydrogen-bond acceptors (Lipinski definition) is 2. The molecule has 0 radical (unpaired) electrons. The van der Waals surface area contributed by atoms with E-state index in [9.17, 15) is 9.90 Å². The molecule has 130 valence electrons. The number of carbonyl (C=O) groups excluding carboxylic acids is 1. The summed E-state index contributed by atoms with van der Waals surface area (Å²) in [5, 5.41) is 11.0. The van der Waals surface area contributed by atoms with E-state index in [-0.39, 0.29) is 22.7 Å². The first-order chi connectivity index (χ1) is 11.3. The van der Waals surface area contributed by atoms with Crippen molar-refractivity contribution in [2.75, 3.05) is 0 Å². The van der Waals surface area contributed by atoms with Crippen LogP contribution in [0.2, 0.25) is 0 Å². The Kier molecular flexibility index (Phi) is 3.68. The molecule has 0 saturated heterocycles. The molecule has 4 aliphatic carbocycles. The smallest absolute Gasteiger partial charge is 0.178 e. The average Bonchev–Trinajstić information content (AvgIpc) is 2.87. The monoisotopic (exact) mass is 346 g/mol. The van der Waals surface area contributed by atoms with Crippen molar-refractivity contribution in [1.82, 2.24) is 0 Å². The maximum absolute atomic E-state index is 11.8. The second-order valence-corrected chi connectivity index (χ2v) is 9.26. The Morgan fingerprint density at radius 1 is 1.25 bits per heavy atom. The maximum Gasteiger partial charge on any atom is 0.178 e. The van der Waals surface area contributed by atoms with Crippen LogP contribution in [0, 0.1) is 34.5 Å². The van der Waals surface area contributed by atoms with Gasteiger partial charge < -0.3 is 5.11 Å². The van der Waals surface area contributed by atoms with E-state index in [2.05, 4.69) is 26.0 Å². The SMILES string of the molecule is C[C@H](O)[C@H]1CC[C@H]2[C@@H]3C=C(Cl)C4=CC(=O)C=C[C@@]4(C)[C@@H]3CC[C@]12C. The van der Waals surface area contributed by atoms with Crippen LogP contribution in [0.3, 0.4) is 0 Å². The molecule has 0 aliphatic heterocycles. The van der Waals surface area contributed by atoms with Crippen LogP contribution in [0.1, 0.15) is 46.5 Å². The van der Waals surface area contributed by atoms with Crippen molar-refractivity contribution in [3.63, 3.8) is 0 Å². The van der Waals surface area contributed by atoms with Crippen molar-refractivity contribution in [2.45, 2.75) is 52.6 Å². The summed E-state index contributed by atoms with van der Waals surface area (Å²) in [6.45, 7) is 6.58. The van der Waals surface area contributed by atoms with Gasteiger partial charge in [-0.2, -0.15) is 0 Å². The molecule has 1 N–H and O–H groups in total. The predicted molar refractivity (Wildman–Crippen MR) is 96.5 cm³/mol. The number of rotatable bonds is 1. The first-order valence-corrected chi connectivity index (χ1v) is 9.66. The van der Waals surface area contributed by atoms with Crippen LogP contribution >= 0.6 is 11.6 Å². The van der Waals surface area contributed by atoms with E-state index < -0.39 is 0 Å². The molecule has 0 unspecified atom stereocenters. The number of fused-ring (bicyclic) bond motifs is 5. The Bertz CT molecular complexity index is 673. The van der Waals surface area contributed by atoms with Crippen LogP contribution in [0.4, 0.5) is 0 Å². The van der Waals surface area contributed by atoms with E-state index in [1.807, 2.05) is 6.92 Å². The van der Waals surface area contributed by atoms with Crippen LogP contribution in [-0.2, 0) is 4.79 Å². The van der Waals surface area contributed by atoms with E-state index >= 15 is 0 Å². The lowest BCUT2D eigenvalue weighted by Crippen LogP contribution is -2.49. The summed E-state index contributed by atoms with van der Waals surface area (Å²) >= 11 is 6.66. The van der Waals surface area contributed by atoms with Gasteiger partial charge in [-0.15, -0.1) is 0 Å². The van der Waals surface area contributed by atoms with Crippen LogP contribution in [0.5, 0.6) is 0 Å². The van der Waals surface area contributed by atoms with Crippen molar-refractivity contribution in [3.8, 4) is 0 Å². The van der Waals surface area contributed by atoms with Crippen LogP contribution in [-0.4, -0.2) is 17.0 Å². The normalized spacial score (nSPS) is 48.1. The molecule has 2 fully saturated rings. The second-order valence-electron chi connectivity index (χ2n) is 8.85. The zero-order chi connectivity index (χ0) is 17.3. The fourth-order valence-corrected chi connectivity index (χ4v) is 6.96. The second kappa shape index (κ2) is 5.32. The highest BCUT2D eigenvalue weighted by molar-refractivity contribution is 6.32. The summed E-state index contributed by atoms with van der Waals surface area (Å²) < 4.78 is 0. The molecule has 0 aromatic carbocycles. The molecule has 0 spiro atoms. The highest BCUT2D eigenvalue weighted by atomic mass is 35.5. The number of hydrogen-bond donors (Lipinski definition) is 1. The quantitative estimate of drug-likeness (QED) is 0.751. The lowest BCUT2D eigenvalue weighted by Gasteiger charge is -2.55. The molecule has 4 rings (SSSR count). The number of aliphatic hydroxyl groups excluding tert-OH is 1. The highest BCUT2D eigenvalue weighted by Gasteiger charge is 2.58. The summed E-state index contributed by atoms with van der Waals surface area (Å²) in [4.78, 5) is 11.8. The minimum absolute atomic E-state index is 0.0446. The summed E-state index contributed by atoms with van der Waals surface area (Å²) in [5.41, 5.74) is 1.08. The topological polar surface area (TPSA) is 37.3 Å². The molecule has 24 heavy (non-hydrogen) atoms. The fraction of sp³-hybridized carbons (Fsp3) is 0.667. The standard InChI is InChI=1S/C21H27ClO2/c1-12(23)15-4-5-16-14-11-19(22)18-10-13(24)6-8-21(18,3)17(14)7-9-20(15,16)2/h6,8,10-12,14-17,23H,4-5,7,9H2,1-3H3/t12-,14-,15+,16-,17+,20+,21-/m0/s1. The van der Waals surface area contributed by atoms with Gasteiger partial charge in [0.15, 0.2) is 5.78 Å². The Hall–Kier alpha value is -0.860. The van der Waals surface area contributed by atoms with Gasteiger partial charge in [-0.1, -0.05) is 37.6 Å². The molecule has 0 heterocycles. The van der Waals surface area contributed by atoms with Gasteiger partial charge >= 0.3 is 0 Å². The maximum atomic E-state index is 11.8. The van der Waals surface area contributed by atoms with Crippen molar-refractivity contribution in [3.05, 3.63) is 34.9 Å². The number of allylic oxidation sites excluding steroid dienone is 6. The van der Waals surface area contributed by atoms with Crippen LogP contribution in [0.25, 0.3) is 0 Å². The number of halogens is 1. The Morgan fingerprint density at radius 3 is 2.71 bits per heavy atom. The van der Waals surface area contributed by atoms with E-state index in [0.717, 1.165) is 29.9 Å². The first kappa shape index (κ1) is 16.6. The van der Waals surface area contributed by atoms with E-state index in [1.165, 1.54) is 6.42 Å². The molecule has 0 amide bonds. The van der Waals surface area contributed by atoms with E-state index in [1.54, 1.807) is 12.2 Å². The van der Waals surface area contributed by atoms with Crippen molar-refractivity contribution in [2.24, 2.45) is 34.5 Å². The zero-order valence-electron chi connectivity index (χ0n) is 14.8. The summed E-state index contributed by atoms with van der Waals surface area (Å²) in [7, 11) is 0. The molecule has 2 saturated carbocycles. The zero-order valence-corrected chi connectivity index (χ0v) is 15.5. The average molecular weight is 347 g/mol. The summed E-state index contributed by atoms with van der Waals surface area (Å²) in [5.74, 6) is 1.96. The minimum atomic E-state index is -0.238. The summed E-state index contributed by atoms with van der Waals surface area (Å²) in [6.07, 6.45) is 12.1. The molecule has 0 bridgehead atoms. The van der Waals surface area contributed by atoms with Gasteiger partial charge in [-0.25, -0.2) is 0 Å². The highest BCUT2D eigenvalue weighted by Crippen LogP contribution is 2.66. The van der Waals surface area contributed by atoms with Crippen molar-refractivity contribution in [1.29, 1.82) is 0 Å². The molecule has 4 aliphatic rings. The lowest BCUT2D eigenvalue weighted by atomic mass is 9.49. The van der Waals surface area contributed by atoms with E-state index in [4.69, 9.17) is 11.6 Å². The first-order valence-electron chi connectivity index (χ1n) is 9.28. The largest absolute Gasteiger partial charge is 0.393 e. The molecular formula is C21H27ClO2. The molecule has 2 nitrogen and oxygen atoms in total. The predicted octanol–water partition coefficient (Wildman–Crippen LogP) is 4.63. The Labute approximate surface area is 149 Å². The van der Waals surface area contributed by atoms with Crippen LogP contribution < -0.4 is 0 Å². The van der Waals surface area contributed by atoms with Gasteiger partial charge in [0, 0.05) is 10.4 Å². The van der Waals surface area contributed by atoms with Gasteiger partial charge in [0.05, 0.1) is 6.10 Å². The number of aliphatic hydroxyl groups is 1. The molecule has 0 aromatic heterocycles. The van der Waals surface area contributed by atoms with Gasteiger partial charge in [0.2, 0.25) is 0 Å². The Balaban J connectivity index is 1.77. The number of carbonyl (C=O) groups is 1.